The van der Waals surface area contributed by atoms with Crippen LogP contribution in [-0.2, 0) is 24.3 Å². The van der Waals surface area contributed by atoms with Crippen molar-refractivity contribution in [3.8, 4) is 0 Å². The molecule has 3 nitrogen and oxygen atoms in total. The molecule has 1 fully saturated rings. The van der Waals surface area contributed by atoms with Crippen LogP contribution in [0.5, 0.6) is 0 Å². The maximum absolute atomic E-state index is 12.9. The number of fused-ring (bicyclic) bond motifs is 1. The summed E-state index contributed by atoms with van der Waals surface area (Å²) in [5, 5.41) is 2.94. The van der Waals surface area contributed by atoms with Crippen LogP contribution in [0.2, 0.25) is 5.02 Å². The van der Waals surface area contributed by atoms with E-state index in [-0.39, 0.29) is 5.92 Å². The minimum Gasteiger partial charge on any atom is -0.338 e. The summed E-state index contributed by atoms with van der Waals surface area (Å²) >= 11 is 7.90. The van der Waals surface area contributed by atoms with Gasteiger partial charge in [-0.25, -0.2) is 0 Å². The molecule has 4 rings (SSSR count). The van der Waals surface area contributed by atoms with E-state index in [0.717, 1.165) is 57.0 Å². The molecular formula is C20H23ClN2OS. The van der Waals surface area contributed by atoms with Gasteiger partial charge in [-0.1, -0.05) is 23.7 Å². The predicted molar refractivity (Wildman–Crippen MR) is 103 cm³/mol. The van der Waals surface area contributed by atoms with Crippen LogP contribution in [0.3, 0.4) is 0 Å². The molecule has 0 saturated carbocycles. The molecule has 132 valence electrons. The van der Waals surface area contributed by atoms with Crippen molar-refractivity contribution in [1.82, 2.24) is 9.80 Å². The summed E-state index contributed by atoms with van der Waals surface area (Å²) in [6, 6.07) is 10.2. The number of piperidine rings is 1. The lowest BCUT2D eigenvalue weighted by Gasteiger charge is -2.35. The van der Waals surface area contributed by atoms with Gasteiger partial charge in [0.2, 0.25) is 5.91 Å². The van der Waals surface area contributed by atoms with E-state index >= 15 is 0 Å². The molecule has 0 radical (unpaired) electrons. The first-order valence-corrected chi connectivity index (χ1v) is 10.3. The van der Waals surface area contributed by atoms with Crippen LogP contribution in [0.4, 0.5) is 0 Å². The lowest BCUT2D eigenvalue weighted by molar-refractivity contribution is -0.138. The molecule has 0 atom stereocenters. The highest BCUT2D eigenvalue weighted by molar-refractivity contribution is 7.10. The normalized spacial score (nSPS) is 19.0. The molecule has 25 heavy (non-hydrogen) atoms. The Bertz CT molecular complexity index is 752. The fourth-order valence-electron chi connectivity index (χ4n) is 3.93. The van der Waals surface area contributed by atoms with Gasteiger partial charge in [0.1, 0.15) is 0 Å². The molecule has 2 aliphatic heterocycles. The van der Waals surface area contributed by atoms with E-state index in [0.29, 0.717) is 5.91 Å². The molecule has 0 spiro atoms. The van der Waals surface area contributed by atoms with Gasteiger partial charge in [-0.3, -0.25) is 9.69 Å². The van der Waals surface area contributed by atoms with Crippen LogP contribution in [0.25, 0.3) is 0 Å². The summed E-state index contributed by atoms with van der Waals surface area (Å²) in [5.74, 6) is 0.551. The molecule has 5 heteroatoms. The summed E-state index contributed by atoms with van der Waals surface area (Å²) in [7, 11) is 0. The highest BCUT2D eigenvalue weighted by Crippen LogP contribution is 2.27. The first-order chi connectivity index (χ1) is 12.2. The Kier molecular flexibility index (Phi) is 5.11. The second-order valence-electron chi connectivity index (χ2n) is 7.06. The number of rotatable bonds is 3. The number of hydrogen-bond acceptors (Lipinski definition) is 3. The zero-order valence-corrected chi connectivity index (χ0v) is 15.9. The monoisotopic (exact) mass is 374 g/mol. The molecule has 1 aromatic heterocycles. The largest absolute Gasteiger partial charge is 0.338 e. The first-order valence-electron chi connectivity index (χ1n) is 9.00. The quantitative estimate of drug-likeness (QED) is 0.803. The number of likely N-dealkylation sites (tertiary alicyclic amines) is 1. The van der Waals surface area contributed by atoms with Crippen LogP contribution in [0.15, 0.2) is 35.7 Å². The highest BCUT2D eigenvalue weighted by Gasteiger charge is 2.30. The predicted octanol–water partition coefficient (Wildman–Crippen LogP) is 4.20. The van der Waals surface area contributed by atoms with Crippen molar-refractivity contribution in [3.63, 3.8) is 0 Å². The maximum Gasteiger partial charge on any atom is 0.226 e. The number of nitrogens with zero attached hydrogens (tertiary/aromatic N) is 2. The summed E-state index contributed by atoms with van der Waals surface area (Å²) in [5.41, 5.74) is 2.60. The van der Waals surface area contributed by atoms with E-state index in [2.05, 4.69) is 27.3 Å². The van der Waals surface area contributed by atoms with E-state index < -0.39 is 0 Å². The Labute approximate surface area is 158 Å². The van der Waals surface area contributed by atoms with E-state index in [4.69, 9.17) is 11.6 Å². The third-order valence-corrected chi connectivity index (χ3v) is 6.61. The topological polar surface area (TPSA) is 23.6 Å². The smallest absolute Gasteiger partial charge is 0.226 e. The van der Waals surface area contributed by atoms with E-state index in [1.165, 1.54) is 16.0 Å². The standard InChI is InChI=1S/C20H23ClN2OS/c21-18-3-1-2-15(12-18)13-22-8-4-16(5-9-22)20(24)23-10-6-19-17(14-23)7-11-25-19/h1-3,7,11-12,16H,4-6,8-10,13-14H2. The molecule has 1 amide bonds. The summed E-state index contributed by atoms with van der Waals surface area (Å²) < 4.78 is 0. The summed E-state index contributed by atoms with van der Waals surface area (Å²) in [4.78, 5) is 18.9. The van der Waals surface area contributed by atoms with Crippen molar-refractivity contribution in [2.24, 2.45) is 5.92 Å². The molecule has 0 N–H and O–H groups in total. The lowest BCUT2D eigenvalue weighted by Crippen LogP contribution is -2.43. The van der Waals surface area contributed by atoms with Gasteiger partial charge in [0.05, 0.1) is 0 Å². The van der Waals surface area contributed by atoms with Crippen LogP contribution in [0, 0.1) is 5.92 Å². The van der Waals surface area contributed by atoms with Gasteiger partial charge in [-0.2, -0.15) is 0 Å². The van der Waals surface area contributed by atoms with Crippen LogP contribution < -0.4 is 0 Å². The average molecular weight is 375 g/mol. The third kappa shape index (κ3) is 3.91. The number of halogens is 1. The van der Waals surface area contributed by atoms with Crippen LogP contribution in [-0.4, -0.2) is 35.3 Å². The maximum atomic E-state index is 12.9. The number of carbonyl (C=O) groups is 1. The SMILES string of the molecule is O=C(C1CCN(Cc2cccc(Cl)c2)CC1)N1CCc2sccc2C1. The van der Waals surface area contributed by atoms with Gasteiger partial charge in [-0.05, 0) is 67.1 Å². The molecule has 0 unspecified atom stereocenters. The molecule has 3 heterocycles. The van der Waals surface area contributed by atoms with Gasteiger partial charge in [0.25, 0.3) is 0 Å². The third-order valence-electron chi connectivity index (χ3n) is 5.35. The van der Waals surface area contributed by atoms with Crippen LogP contribution in [0.1, 0.15) is 28.8 Å². The number of hydrogen-bond donors (Lipinski definition) is 0. The van der Waals surface area contributed by atoms with Gasteiger partial charge in [0, 0.05) is 35.5 Å². The second kappa shape index (κ2) is 7.48. The van der Waals surface area contributed by atoms with Crippen molar-refractivity contribution in [3.05, 3.63) is 56.7 Å². The van der Waals surface area contributed by atoms with Crippen LogP contribution >= 0.6 is 22.9 Å². The Hall–Kier alpha value is -1.36. The first kappa shape index (κ1) is 17.1. The molecule has 2 aliphatic rings. The molecule has 0 bridgehead atoms. The molecule has 2 aromatic rings. The van der Waals surface area contributed by atoms with Crippen molar-refractivity contribution in [1.29, 1.82) is 0 Å². The Morgan fingerprint density at radius 1 is 1.20 bits per heavy atom. The Morgan fingerprint density at radius 2 is 2.04 bits per heavy atom. The number of thiophene rings is 1. The lowest BCUT2D eigenvalue weighted by atomic mass is 9.94. The van der Waals surface area contributed by atoms with E-state index in [1.807, 2.05) is 29.5 Å². The van der Waals surface area contributed by atoms with Gasteiger partial charge in [0.15, 0.2) is 0 Å². The summed E-state index contributed by atoms with van der Waals surface area (Å²) in [6.07, 6.45) is 2.95. The Balaban J connectivity index is 1.30. The minimum atomic E-state index is 0.191. The summed E-state index contributed by atoms with van der Waals surface area (Å²) in [6.45, 7) is 4.58. The van der Waals surface area contributed by atoms with E-state index in [1.54, 1.807) is 0 Å². The van der Waals surface area contributed by atoms with E-state index in [9.17, 15) is 4.79 Å². The molecular weight excluding hydrogens is 352 g/mol. The van der Waals surface area contributed by atoms with Crippen molar-refractivity contribution in [2.75, 3.05) is 19.6 Å². The van der Waals surface area contributed by atoms with Crippen molar-refractivity contribution >= 4 is 28.8 Å². The second-order valence-corrected chi connectivity index (χ2v) is 8.50. The number of amides is 1. The fraction of sp³-hybridized carbons (Fsp3) is 0.450. The van der Waals surface area contributed by atoms with Gasteiger partial charge >= 0.3 is 0 Å². The number of carbonyl (C=O) groups excluding carboxylic acids is 1. The molecule has 1 saturated heterocycles. The zero-order chi connectivity index (χ0) is 17.2. The van der Waals surface area contributed by atoms with Gasteiger partial charge in [-0.15, -0.1) is 11.3 Å². The number of benzene rings is 1. The van der Waals surface area contributed by atoms with Gasteiger partial charge < -0.3 is 4.90 Å². The highest BCUT2D eigenvalue weighted by atomic mass is 35.5. The van der Waals surface area contributed by atoms with Crippen molar-refractivity contribution < 1.29 is 4.79 Å². The average Bonchev–Trinajstić information content (AvgIpc) is 3.09. The zero-order valence-electron chi connectivity index (χ0n) is 14.3. The molecule has 1 aromatic carbocycles. The molecule has 0 aliphatic carbocycles. The fourth-order valence-corrected chi connectivity index (χ4v) is 5.03. The Morgan fingerprint density at radius 3 is 2.84 bits per heavy atom. The van der Waals surface area contributed by atoms with Crippen molar-refractivity contribution in [2.45, 2.75) is 32.4 Å². The minimum absolute atomic E-state index is 0.191.